The van der Waals surface area contributed by atoms with E-state index in [2.05, 4.69) is 6.58 Å². The fourth-order valence-electron chi connectivity index (χ4n) is 3.84. The molecule has 0 radical (unpaired) electrons. The molecule has 6 nitrogen and oxygen atoms in total. The van der Waals surface area contributed by atoms with Gasteiger partial charge < -0.3 is 18.9 Å². The summed E-state index contributed by atoms with van der Waals surface area (Å²) in [7, 11) is 0. The molecule has 0 saturated heterocycles. The van der Waals surface area contributed by atoms with E-state index in [-0.39, 0.29) is 23.5 Å². The number of unbranched alkanes of at least 4 members (excludes halogenated alkanes) is 2. The summed E-state index contributed by atoms with van der Waals surface area (Å²) in [5, 5.41) is 0. The number of hydrogen-bond acceptors (Lipinski definition) is 6. The predicted octanol–water partition coefficient (Wildman–Crippen LogP) is 7.82. The molecule has 0 amide bonds. The summed E-state index contributed by atoms with van der Waals surface area (Å²) in [5.74, 6) is -0.967. The van der Waals surface area contributed by atoms with Crippen molar-refractivity contribution >= 4 is 11.9 Å². The van der Waals surface area contributed by atoms with Gasteiger partial charge in [-0.25, -0.2) is 9.59 Å². The Morgan fingerprint density at radius 3 is 2.17 bits per heavy atom. The summed E-state index contributed by atoms with van der Waals surface area (Å²) in [5.41, 5.74) is 1.95. The van der Waals surface area contributed by atoms with Crippen molar-refractivity contribution in [2.24, 2.45) is 0 Å². The minimum atomic E-state index is -4.58. The highest BCUT2D eigenvalue weighted by molar-refractivity contribution is 5.96. The van der Waals surface area contributed by atoms with Crippen LogP contribution in [0.3, 0.4) is 0 Å². The lowest BCUT2D eigenvalue weighted by molar-refractivity contribution is -0.224. The normalized spacial score (nSPS) is 11.9. The Labute approximate surface area is 237 Å². The number of hydrogen-bond donors (Lipinski definition) is 0. The van der Waals surface area contributed by atoms with Crippen LogP contribution < -0.4 is 9.47 Å². The van der Waals surface area contributed by atoms with E-state index < -0.39 is 37.2 Å². The van der Waals surface area contributed by atoms with E-state index in [0.29, 0.717) is 18.8 Å². The minimum Gasteiger partial charge on any atom is -0.490 e. The van der Waals surface area contributed by atoms with E-state index in [1.165, 1.54) is 18.2 Å². The highest BCUT2D eigenvalue weighted by Gasteiger charge is 2.40. The van der Waals surface area contributed by atoms with Crippen LogP contribution in [0.2, 0.25) is 0 Å². The lowest BCUT2D eigenvalue weighted by Crippen LogP contribution is -2.33. The molecule has 3 aromatic rings. The third-order valence-corrected chi connectivity index (χ3v) is 6.03. The number of halogens is 3. The maximum atomic E-state index is 13.3. The summed E-state index contributed by atoms with van der Waals surface area (Å²) in [6.07, 6.45) is -3.36. The third-order valence-electron chi connectivity index (χ3n) is 6.03. The molecule has 0 spiro atoms. The monoisotopic (exact) mass is 570 g/mol. The van der Waals surface area contributed by atoms with Crippen molar-refractivity contribution in [2.45, 2.75) is 44.9 Å². The van der Waals surface area contributed by atoms with Crippen LogP contribution in [-0.4, -0.2) is 44.0 Å². The zero-order valence-electron chi connectivity index (χ0n) is 22.8. The zero-order chi connectivity index (χ0) is 29.7. The second-order valence-electron chi connectivity index (χ2n) is 9.12. The van der Waals surface area contributed by atoms with Gasteiger partial charge >= 0.3 is 18.1 Å². The van der Waals surface area contributed by atoms with Gasteiger partial charge in [0.15, 0.2) is 6.10 Å². The van der Waals surface area contributed by atoms with Crippen LogP contribution >= 0.6 is 0 Å². The molecule has 218 valence electrons. The Balaban J connectivity index is 1.59. The molecular formula is C32H33F3O6. The molecule has 0 fully saturated rings. The lowest BCUT2D eigenvalue weighted by atomic mass is 10.0. The maximum absolute atomic E-state index is 13.3. The molecule has 0 aliphatic rings. The van der Waals surface area contributed by atoms with Gasteiger partial charge in [0.2, 0.25) is 0 Å². The first-order valence-corrected chi connectivity index (χ1v) is 13.3. The Kier molecular flexibility index (Phi) is 12.0. The molecule has 0 N–H and O–H groups in total. The molecule has 9 heteroatoms. The van der Waals surface area contributed by atoms with Crippen LogP contribution in [0.15, 0.2) is 85.5 Å². The van der Waals surface area contributed by atoms with Crippen LogP contribution in [0.5, 0.6) is 11.5 Å². The minimum absolute atomic E-state index is 0.0247. The van der Waals surface area contributed by atoms with Crippen molar-refractivity contribution in [3.05, 3.63) is 96.6 Å². The van der Waals surface area contributed by atoms with Crippen LogP contribution in [0.1, 0.15) is 53.3 Å². The number of carbonyl (C=O) groups excluding carboxylic acids is 2. The van der Waals surface area contributed by atoms with Crippen molar-refractivity contribution in [1.29, 1.82) is 0 Å². The Morgan fingerprint density at radius 2 is 1.54 bits per heavy atom. The predicted molar refractivity (Wildman–Crippen MR) is 149 cm³/mol. The van der Waals surface area contributed by atoms with Gasteiger partial charge in [-0.2, -0.15) is 13.2 Å². The number of alkyl halides is 3. The topological polar surface area (TPSA) is 71.1 Å². The summed E-state index contributed by atoms with van der Waals surface area (Å²) in [4.78, 5) is 25.5. The summed E-state index contributed by atoms with van der Waals surface area (Å²) in [6.45, 7) is 5.43. The zero-order valence-corrected chi connectivity index (χ0v) is 22.8. The standard InChI is InChI=1S/C32H33F3O6/c1-3-5-8-21-39-29(32(33,34)35)19-22-40-31(37)27-9-6-7-10-28(27)41-30(36)25-13-11-23(12-14-25)24-15-17-26(18-16-24)38-20-4-2/h4,6-7,9-18,29H,2-3,5,8,19-22H2,1H3. The second kappa shape index (κ2) is 15.6. The van der Waals surface area contributed by atoms with Crippen LogP contribution in [0.25, 0.3) is 11.1 Å². The van der Waals surface area contributed by atoms with Crippen molar-refractivity contribution in [1.82, 2.24) is 0 Å². The lowest BCUT2D eigenvalue weighted by Gasteiger charge is -2.20. The molecule has 41 heavy (non-hydrogen) atoms. The van der Waals surface area contributed by atoms with Gasteiger partial charge in [-0.1, -0.05) is 68.8 Å². The Bertz CT molecular complexity index is 1270. The van der Waals surface area contributed by atoms with Gasteiger partial charge in [-0.3, -0.25) is 0 Å². The van der Waals surface area contributed by atoms with Crippen molar-refractivity contribution in [3.8, 4) is 22.6 Å². The van der Waals surface area contributed by atoms with Gasteiger partial charge in [-0.15, -0.1) is 0 Å². The number of rotatable bonds is 15. The molecule has 3 aromatic carbocycles. The first-order valence-electron chi connectivity index (χ1n) is 13.3. The average Bonchev–Trinajstić information content (AvgIpc) is 2.97. The number of benzene rings is 3. The van der Waals surface area contributed by atoms with Gasteiger partial charge in [0.25, 0.3) is 0 Å². The van der Waals surface area contributed by atoms with Crippen molar-refractivity contribution < 1.29 is 41.7 Å². The fourth-order valence-corrected chi connectivity index (χ4v) is 3.84. The summed E-state index contributed by atoms with van der Waals surface area (Å²) in [6, 6.07) is 20.0. The van der Waals surface area contributed by atoms with Gasteiger partial charge in [0.1, 0.15) is 23.7 Å². The number of para-hydroxylation sites is 1. The fraction of sp³-hybridized carbons (Fsp3) is 0.312. The molecule has 1 unspecified atom stereocenters. The number of esters is 2. The van der Waals surface area contributed by atoms with Gasteiger partial charge in [-0.05, 0) is 53.9 Å². The molecule has 0 aliphatic heterocycles. The summed E-state index contributed by atoms with van der Waals surface area (Å²) < 4.78 is 60.9. The Hall–Kier alpha value is -4.11. The largest absolute Gasteiger partial charge is 0.490 e. The maximum Gasteiger partial charge on any atom is 0.414 e. The van der Waals surface area contributed by atoms with Gasteiger partial charge in [0.05, 0.1) is 12.2 Å². The van der Waals surface area contributed by atoms with Gasteiger partial charge in [0, 0.05) is 13.0 Å². The first kappa shape index (κ1) is 31.4. The average molecular weight is 571 g/mol. The van der Waals surface area contributed by atoms with E-state index in [1.54, 1.807) is 36.4 Å². The molecule has 0 aromatic heterocycles. The van der Waals surface area contributed by atoms with E-state index in [9.17, 15) is 22.8 Å². The van der Waals surface area contributed by atoms with Crippen molar-refractivity contribution in [3.63, 3.8) is 0 Å². The molecule has 0 saturated carbocycles. The highest BCUT2D eigenvalue weighted by atomic mass is 19.4. The number of ether oxygens (including phenoxy) is 4. The number of carbonyl (C=O) groups is 2. The highest BCUT2D eigenvalue weighted by Crippen LogP contribution is 2.27. The van der Waals surface area contributed by atoms with Crippen LogP contribution in [0, 0.1) is 0 Å². The molecule has 1 atom stereocenters. The van der Waals surface area contributed by atoms with E-state index in [1.807, 2.05) is 31.2 Å². The first-order chi connectivity index (χ1) is 19.7. The second-order valence-corrected chi connectivity index (χ2v) is 9.12. The van der Waals surface area contributed by atoms with E-state index in [4.69, 9.17) is 18.9 Å². The smallest absolute Gasteiger partial charge is 0.414 e. The van der Waals surface area contributed by atoms with Crippen LogP contribution in [-0.2, 0) is 9.47 Å². The molecule has 0 bridgehead atoms. The van der Waals surface area contributed by atoms with Crippen molar-refractivity contribution in [2.75, 3.05) is 19.8 Å². The summed E-state index contributed by atoms with van der Waals surface area (Å²) >= 11 is 0. The Morgan fingerprint density at radius 1 is 0.878 bits per heavy atom. The SMILES string of the molecule is C=CCOc1ccc(-c2ccc(C(=O)Oc3ccccc3C(=O)OCCC(OCCCCC)C(F)(F)F)cc2)cc1. The third kappa shape index (κ3) is 9.79. The quantitative estimate of drug-likeness (QED) is 0.0803. The van der Waals surface area contributed by atoms with E-state index in [0.717, 1.165) is 24.0 Å². The van der Waals surface area contributed by atoms with E-state index >= 15 is 0 Å². The molecule has 0 heterocycles. The van der Waals surface area contributed by atoms with Crippen LogP contribution in [0.4, 0.5) is 13.2 Å². The molecule has 0 aliphatic carbocycles. The molecule has 3 rings (SSSR count). The molecular weight excluding hydrogens is 537 g/mol.